The molecule has 1 atom stereocenters. The molecule has 0 fully saturated rings. The highest BCUT2D eigenvalue weighted by molar-refractivity contribution is 5.70. The highest BCUT2D eigenvalue weighted by Gasteiger charge is 2.28. The number of halogens is 3. The Labute approximate surface area is 179 Å². The number of nitrogens with one attached hydrogen (secondary N) is 2. The first-order valence-electron chi connectivity index (χ1n) is 9.01. The van der Waals surface area contributed by atoms with Crippen LogP contribution in [0, 0.1) is 11.3 Å². The monoisotopic (exact) mass is 449 g/mol. The van der Waals surface area contributed by atoms with Gasteiger partial charge in [0.25, 0.3) is 0 Å². The summed E-state index contributed by atoms with van der Waals surface area (Å²) in [6.45, 7) is 2.70. The second kappa shape index (κ2) is 10.7. The van der Waals surface area contributed by atoms with Crippen LogP contribution in [0.3, 0.4) is 0 Å². The Morgan fingerprint density at radius 3 is 2.44 bits per heavy atom. The predicted octanol–water partition coefficient (Wildman–Crippen LogP) is 0.790. The maximum Gasteiger partial charge on any atom is 0.430 e. The van der Waals surface area contributed by atoms with E-state index in [9.17, 15) is 13.2 Å². The highest BCUT2D eigenvalue weighted by atomic mass is 19.4. The van der Waals surface area contributed by atoms with Crippen molar-refractivity contribution < 1.29 is 33.5 Å². The molecule has 0 aliphatic rings. The molecule has 0 saturated carbocycles. The molecule has 0 bridgehead atoms. The number of alkyl halides is 3. The molecule has 13 heteroatoms. The molecule has 0 aliphatic carbocycles. The van der Waals surface area contributed by atoms with E-state index in [1.54, 1.807) is 0 Å². The van der Waals surface area contributed by atoms with Crippen molar-refractivity contribution in [1.29, 1.82) is 5.26 Å². The lowest BCUT2D eigenvalue weighted by Gasteiger charge is -2.10. The zero-order chi connectivity index (χ0) is 23.7. The van der Waals surface area contributed by atoms with E-state index in [0.717, 1.165) is 23.6 Å². The average molecular weight is 449 g/mol. The van der Waals surface area contributed by atoms with E-state index in [-0.39, 0.29) is 11.8 Å². The van der Waals surface area contributed by atoms with Crippen LogP contribution in [0.15, 0.2) is 42.7 Å². The van der Waals surface area contributed by atoms with Gasteiger partial charge in [-0.2, -0.15) is 23.5 Å². The van der Waals surface area contributed by atoms with E-state index in [1.165, 1.54) is 12.4 Å². The molecular formula is C19H18F3N7O3. The van der Waals surface area contributed by atoms with Crippen molar-refractivity contribution in [2.45, 2.75) is 19.2 Å². The summed E-state index contributed by atoms with van der Waals surface area (Å²) in [5, 5.41) is 27.7. The van der Waals surface area contributed by atoms with Gasteiger partial charge in [0.2, 0.25) is 0 Å². The first kappa shape index (κ1) is 24.1. The van der Waals surface area contributed by atoms with Crippen molar-refractivity contribution in [3.63, 3.8) is 0 Å². The summed E-state index contributed by atoms with van der Waals surface area (Å²) in [6.07, 6.45) is -2.22. The van der Waals surface area contributed by atoms with Gasteiger partial charge in [0, 0.05) is 6.07 Å². The molecule has 2 heterocycles. The Morgan fingerprint density at radius 2 is 1.94 bits per heavy atom. The summed E-state index contributed by atoms with van der Waals surface area (Å²) in [6, 6.07) is 11.6. The van der Waals surface area contributed by atoms with E-state index >= 15 is 0 Å². The average Bonchev–Trinajstić information content (AvgIpc) is 3.23. The maximum absolute atomic E-state index is 10.5. The zero-order valence-electron chi connectivity index (χ0n) is 16.7. The molecule has 0 spiro atoms. The van der Waals surface area contributed by atoms with Crippen molar-refractivity contribution in [3.05, 3.63) is 48.4 Å². The molecule has 3 aromatic rings. The molecule has 0 saturated heterocycles. The fraction of sp³-hybridized carbons (Fsp3) is 0.211. The normalized spacial score (nSPS) is 11.5. The van der Waals surface area contributed by atoms with Gasteiger partial charge in [-0.3, -0.25) is 5.10 Å². The van der Waals surface area contributed by atoms with Crippen LogP contribution in [-0.2, 0) is 4.79 Å². The lowest BCUT2D eigenvalue weighted by atomic mass is 10.1. The first-order chi connectivity index (χ1) is 15.1. The van der Waals surface area contributed by atoms with Crippen LogP contribution < -0.4 is 20.9 Å². The van der Waals surface area contributed by atoms with Gasteiger partial charge in [-0.05, 0) is 36.8 Å². The third-order valence-electron chi connectivity index (χ3n) is 3.74. The van der Waals surface area contributed by atoms with Crippen LogP contribution >= 0.6 is 0 Å². The largest absolute Gasteiger partial charge is 0.542 e. The Hall–Kier alpha value is -4.18. The number of nitrogens with zero attached hydrogens (tertiary/aromatic N) is 4. The number of ether oxygens (including phenoxy) is 1. The highest BCUT2D eigenvalue weighted by Crippen LogP contribution is 2.24. The lowest BCUT2D eigenvalue weighted by Crippen LogP contribution is -2.56. The lowest BCUT2D eigenvalue weighted by molar-refractivity contribution is -0.380. The Balaban J connectivity index is 0.000000451. The van der Waals surface area contributed by atoms with Gasteiger partial charge >= 0.3 is 6.18 Å². The number of benzene rings is 1. The summed E-state index contributed by atoms with van der Waals surface area (Å²) in [7, 11) is 0. The van der Waals surface area contributed by atoms with Gasteiger partial charge in [0.15, 0.2) is 11.5 Å². The van der Waals surface area contributed by atoms with Gasteiger partial charge in [0.1, 0.15) is 36.3 Å². The van der Waals surface area contributed by atoms with Gasteiger partial charge in [-0.25, -0.2) is 9.97 Å². The van der Waals surface area contributed by atoms with Crippen LogP contribution in [0.25, 0.3) is 11.3 Å². The smallest absolute Gasteiger partial charge is 0.430 e. The van der Waals surface area contributed by atoms with Crippen molar-refractivity contribution >= 4 is 17.6 Å². The van der Waals surface area contributed by atoms with E-state index < -0.39 is 12.1 Å². The summed E-state index contributed by atoms with van der Waals surface area (Å²) in [5.74, 6) is -1.07. The fourth-order valence-corrected chi connectivity index (χ4v) is 2.12. The number of rotatable bonds is 6. The standard InChI is InChI=1S/C17H17N7O.C2HF3O2/c1-11(7-18)25-14-4-2-12(3-5-14)15-6-16(24-23-15)22-17-10-20-13(8-19)9-21-17;3-2(4,5)1(6)7/h2-6,9-11H,7,18H2,1H3,(H2,21,22,23,24);(H,6,7)/t11-;/m0./s1. The zero-order valence-corrected chi connectivity index (χ0v) is 16.7. The predicted molar refractivity (Wildman–Crippen MR) is 103 cm³/mol. The van der Waals surface area contributed by atoms with Gasteiger partial charge in [-0.15, -0.1) is 0 Å². The number of hydrogen-bond donors (Lipinski definition) is 3. The van der Waals surface area contributed by atoms with Gasteiger partial charge in [-0.1, -0.05) is 0 Å². The van der Waals surface area contributed by atoms with Crippen LogP contribution in [0.1, 0.15) is 12.6 Å². The summed E-state index contributed by atoms with van der Waals surface area (Å²) < 4.78 is 37.3. The molecule has 0 aliphatic heterocycles. The number of aromatic nitrogens is 4. The third-order valence-corrected chi connectivity index (χ3v) is 3.74. The quantitative estimate of drug-likeness (QED) is 0.496. The summed E-state index contributed by atoms with van der Waals surface area (Å²) >= 11 is 0. The minimum Gasteiger partial charge on any atom is -0.542 e. The number of aliphatic carboxylic acids is 1. The number of anilines is 2. The molecule has 168 valence electrons. The Bertz CT molecular complexity index is 1060. The van der Waals surface area contributed by atoms with E-state index in [1.807, 2.05) is 43.3 Å². The van der Waals surface area contributed by atoms with E-state index in [0.29, 0.717) is 11.6 Å². The SMILES string of the molecule is C[C@@H](C[NH3+])Oc1ccc(-c2cc(Nc3cnc(C#N)cn3)n[nH]2)cc1.O=C([O-])C(F)(F)F. The second-order valence-corrected chi connectivity index (χ2v) is 6.22. The van der Waals surface area contributed by atoms with Crippen LogP contribution in [0.4, 0.5) is 24.8 Å². The summed E-state index contributed by atoms with van der Waals surface area (Å²) in [5.41, 5.74) is 5.94. The molecule has 3 rings (SSSR count). The van der Waals surface area contributed by atoms with E-state index in [2.05, 4.69) is 31.2 Å². The molecule has 2 aromatic heterocycles. The van der Waals surface area contributed by atoms with Crippen molar-refractivity contribution in [2.75, 3.05) is 11.9 Å². The minimum atomic E-state index is -5.19. The molecule has 0 amide bonds. The van der Waals surface area contributed by atoms with Crippen LogP contribution in [-0.4, -0.2) is 45.0 Å². The Kier molecular flexibility index (Phi) is 8.08. The molecule has 0 unspecified atom stereocenters. The number of aromatic amines is 1. The molecule has 0 radical (unpaired) electrons. The maximum atomic E-state index is 10.5. The van der Waals surface area contributed by atoms with Gasteiger partial charge < -0.3 is 25.7 Å². The number of carboxylic acid groups (broad SMARTS) is 1. The third kappa shape index (κ3) is 7.26. The molecule has 32 heavy (non-hydrogen) atoms. The number of H-pyrrole nitrogens is 1. The Morgan fingerprint density at radius 1 is 1.28 bits per heavy atom. The molecule has 10 nitrogen and oxygen atoms in total. The number of quaternary nitrogens is 1. The molecule has 1 aromatic carbocycles. The fourth-order valence-electron chi connectivity index (χ4n) is 2.12. The van der Waals surface area contributed by atoms with Crippen molar-refractivity contribution in [2.24, 2.45) is 0 Å². The number of carbonyl (C=O) groups excluding carboxylic acids is 1. The topological polar surface area (TPSA) is 167 Å². The minimum absolute atomic E-state index is 0.0855. The number of hydrogen-bond acceptors (Lipinski definition) is 8. The van der Waals surface area contributed by atoms with Crippen LogP contribution in [0.2, 0.25) is 0 Å². The van der Waals surface area contributed by atoms with Crippen molar-refractivity contribution in [3.8, 4) is 23.1 Å². The van der Waals surface area contributed by atoms with Crippen molar-refractivity contribution in [1.82, 2.24) is 20.2 Å². The molecule has 5 N–H and O–H groups in total. The first-order valence-corrected chi connectivity index (χ1v) is 9.01. The van der Waals surface area contributed by atoms with E-state index in [4.69, 9.17) is 19.9 Å². The number of carbonyl (C=O) groups is 1. The number of carboxylic acids is 1. The second-order valence-electron chi connectivity index (χ2n) is 6.22. The summed E-state index contributed by atoms with van der Waals surface area (Å²) in [4.78, 5) is 16.8. The molecular weight excluding hydrogens is 431 g/mol. The van der Waals surface area contributed by atoms with Crippen LogP contribution in [0.5, 0.6) is 5.75 Å². The number of nitriles is 1. The van der Waals surface area contributed by atoms with Gasteiger partial charge in [0.05, 0.1) is 18.1 Å².